The predicted molar refractivity (Wildman–Crippen MR) is 134 cm³/mol. The first-order chi connectivity index (χ1) is 16.6. The third-order valence-corrected chi connectivity index (χ3v) is 7.28. The highest BCUT2D eigenvalue weighted by Gasteiger charge is 2.35. The number of likely N-dealkylation sites (N-methyl/N-ethyl adjacent to an activating group) is 1. The monoisotopic (exact) mass is 587 g/mol. The molecule has 0 radical (unpaired) electrons. The van der Waals surface area contributed by atoms with Crippen LogP contribution in [0.2, 0.25) is 15.1 Å². The first kappa shape index (κ1) is 30.0. The van der Waals surface area contributed by atoms with Gasteiger partial charge in [0, 0.05) is 28.7 Å². The van der Waals surface area contributed by atoms with Gasteiger partial charge in [0.15, 0.2) is 0 Å². The van der Waals surface area contributed by atoms with Crippen LogP contribution in [0.15, 0.2) is 36.4 Å². The molecule has 1 unspecified atom stereocenters. The average molecular weight is 589 g/mol. The number of halogens is 6. The molecule has 0 saturated carbocycles. The molecule has 0 bridgehead atoms. The van der Waals surface area contributed by atoms with Gasteiger partial charge in [-0.05, 0) is 44.2 Å². The molecule has 14 heteroatoms. The van der Waals surface area contributed by atoms with Crippen LogP contribution in [0.1, 0.15) is 25.0 Å². The summed E-state index contributed by atoms with van der Waals surface area (Å²) in [5.74, 6) is -1.44. The number of hydrogen-bond acceptors (Lipinski definition) is 4. The second kappa shape index (κ2) is 11.9. The molecule has 1 atom stereocenters. The first-order valence-electron chi connectivity index (χ1n) is 10.4. The van der Waals surface area contributed by atoms with Gasteiger partial charge in [0.25, 0.3) is 0 Å². The van der Waals surface area contributed by atoms with E-state index in [1.165, 1.54) is 19.1 Å². The zero-order valence-electron chi connectivity index (χ0n) is 19.4. The van der Waals surface area contributed by atoms with E-state index in [1.54, 1.807) is 13.0 Å². The van der Waals surface area contributed by atoms with E-state index in [1.807, 2.05) is 0 Å². The number of hydrogen-bond donors (Lipinski definition) is 1. The molecular formula is C22H23Cl3F3N3O4S. The number of alkyl halides is 3. The number of anilines is 1. The number of nitrogens with zero attached hydrogens (tertiary/aromatic N) is 2. The highest BCUT2D eigenvalue weighted by Crippen LogP contribution is 2.36. The molecule has 2 amide bonds. The van der Waals surface area contributed by atoms with Crippen molar-refractivity contribution < 1.29 is 31.2 Å². The zero-order chi connectivity index (χ0) is 27.4. The fourth-order valence-electron chi connectivity index (χ4n) is 3.23. The van der Waals surface area contributed by atoms with Crippen molar-refractivity contribution in [2.45, 2.75) is 32.6 Å². The topological polar surface area (TPSA) is 86.8 Å². The summed E-state index contributed by atoms with van der Waals surface area (Å²) < 4.78 is 65.4. The molecule has 0 aromatic heterocycles. The standard InChI is InChI=1S/C22H23Cl3F3N3O4S/c1-4-29-21(33)13(2)30(11-15-16(23)6-5-7-17(15)24)20(32)12-31(36(3,34)35)19-10-14(22(26,27)28)8-9-18(19)25/h5-10,13H,4,11-12H2,1-3H3,(H,29,33). The molecule has 2 aromatic carbocycles. The van der Waals surface area contributed by atoms with Gasteiger partial charge >= 0.3 is 6.18 Å². The third-order valence-electron chi connectivity index (χ3n) is 5.13. The second-order valence-corrected chi connectivity index (χ2v) is 10.9. The van der Waals surface area contributed by atoms with Gasteiger partial charge in [-0.1, -0.05) is 40.9 Å². The van der Waals surface area contributed by atoms with Gasteiger partial charge in [-0.25, -0.2) is 8.42 Å². The number of nitrogens with one attached hydrogen (secondary N) is 1. The first-order valence-corrected chi connectivity index (χ1v) is 13.4. The molecule has 2 aromatic rings. The van der Waals surface area contributed by atoms with E-state index in [0.29, 0.717) is 22.0 Å². The van der Waals surface area contributed by atoms with Gasteiger partial charge in [0.1, 0.15) is 12.6 Å². The lowest BCUT2D eigenvalue weighted by molar-refractivity contribution is -0.139. The van der Waals surface area contributed by atoms with Crippen LogP contribution >= 0.6 is 34.8 Å². The predicted octanol–water partition coefficient (Wildman–Crippen LogP) is 4.99. The molecule has 36 heavy (non-hydrogen) atoms. The van der Waals surface area contributed by atoms with Crippen LogP contribution in [0, 0.1) is 0 Å². The Kier molecular flexibility index (Phi) is 9.91. The van der Waals surface area contributed by atoms with Crippen molar-refractivity contribution in [1.82, 2.24) is 10.2 Å². The van der Waals surface area contributed by atoms with Crippen LogP contribution in [0.4, 0.5) is 18.9 Å². The minimum Gasteiger partial charge on any atom is -0.355 e. The molecule has 198 valence electrons. The summed E-state index contributed by atoms with van der Waals surface area (Å²) in [5.41, 5.74) is -1.39. The van der Waals surface area contributed by atoms with E-state index >= 15 is 0 Å². The maximum Gasteiger partial charge on any atom is 0.416 e. The summed E-state index contributed by atoms with van der Waals surface area (Å²) in [6, 6.07) is 5.63. The van der Waals surface area contributed by atoms with Crippen molar-refractivity contribution in [3.63, 3.8) is 0 Å². The Hall–Kier alpha value is -2.21. The Labute approximate surface area is 222 Å². The van der Waals surface area contributed by atoms with Gasteiger partial charge in [-0.15, -0.1) is 0 Å². The largest absolute Gasteiger partial charge is 0.416 e. The van der Waals surface area contributed by atoms with Crippen LogP contribution in [-0.2, 0) is 32.3 Å². The summed E-state index contributed by atoms with van der Waals surface area (Å²) in [6.45, 7) is 2.13. The molecule has 0 spiro atoms. The van der Waals surface area contributed by atoms with E-state index in [0.717, 1.165) is 17.2 Å². The Bertz CT molecular complexity index is 1220. The Morgan fingerprint density at radius 3 is 2.14 bits per heavy atom. The number of amides is 2. The van der Waals surface area contributed by atoms with E-state index in [4.69, 9.17) is 34.8 Å². The Morgan fingerprint density at radius 1 is 1.06 bits per heavy atom. The maximum absolute atomic E-state index is 13.4. The fourth-order valence-corrected chi connectivity index (χ4v) is 4.87. The van der Waals surface area contributed by atoms with Gasteiger partial charge in [-0.2, -0.15) is 13.2 Å². The molecular weight excluding hydrogens is 566 g/mol. The number of sulfonamides is 1. The molecule has 0 aliphatic rings. The average Bonchev–Trinajstić information content (AvgIpc) is 2.76. The summed E-state index contributed by atoms with van der Waals surface area (Å²) in [4.78, 5) is 27.0. The van der Waals surface area contributed by atoms with Crippen molar-refractivity contribution in [2.24, 2.45) is 0 Å². The van der Waals surface area contributed by atoms with Crippen molar-refractivity contribution in [3.05, 3.63) is 62.6 Å². The van der Waals surface area contributed by atoms with Gasteiger partial charge in [-0.3, -0.25) is 13.9 Å². The minimum atomic E-state index is -4.79. The van der Waals surface area contributed by atoms with Crippen molar-refractivity contribution in [1.29, 1.82) is 0 Å². The van der Waals surface area contributed by atoms with Crippen LogP contribution in [0.3, 0.4) is 0 Å². The second-order valence-electron chi connectivity index (χ2n) is 7.73. The highest BCUT2D eigenvalue weighted by atomic mass is 35.5. The SMILES string of the molecule is CCNC(=O)C(C)N(Cc1c(Cl)cccc1Cl)C(=O)CN(c1cc(C(F)(F)F)ccc1Cl)S(C)(=O)=O. The number of rotatable bonds is 9. The fraction of sp³-hybridized carbons (Fsp3) is 0.364. The van der Waals surface area contributed by atoms with Gasteiger partial charge in [0.2, 0.25) is 21.8 Å². The van der Waals surface area contributed by atoms with Crippen molar-refractivity contribution >= 4 is 62.3 Å². The van der Waals surface area contributed by atoms with Crippen molar-refractivity contribution in [2.75, 3.05) is 23.7 Å². The number of carbonyl (C=O) groups excluding carboxylic acids is 2. The highest BCUT2D eigenvalue weighted by molar-refractivity contribution is 7.92. The normalized spacial score (nSPS) is 12.7. The van der Waals surface area contributed by atoms with E-state index in [2.05, 4.69) is 5.32 Å². The molecule has 0 heterocycles. The molecule has 7 nitrogen and oxygen atoms in total. The van der Waals surface area contributed by atoms with E-state index in [9.17, 15) is 31.2 Å². The van der Waals surface area contributed by atoms with Gasteiger partial charge < -0.3 is 10.2 Å². The summed E-state index contributed by atoms with van der Waals surface area (Å²) in [7, 11) is -4.30. The zero-order valence-corrected chi connectivity index (χ0v) is 22.5. The molecule has 2 rings (SSSR count). The lowest BCUT2D eigenvalue weighted by Gasteiger charge is -2.32. The summed E-state index contributed by atoms with van der Waals surface area (Å²) in [6.07, 6.45) is -4.06. The molecule has 0 aliphatic carbocycles. The molecule has 0 saturated heterocycles. The van der Waals surface area contributed by atoms with Crippen LogP contribution in [0.5, 0.6) is 0 Å². The van der Waals surface area contributed by atoms with E-state index in [-0.39, 0.29) is 28.2 Å². The van der Waals surface area contributed by atoms with Crippen LogP contribution < -0.4 is 9.62 Å². The Morgan fingerprint density at radius 2 is 1.64 bits per heavy atom. The third kappa shape index (κ3) is 7.41. The van der Waals surface area contributed by atoms with Crippen LogP contribution in [-0.4, -0.2) is 50.5 Å². The quantitative estimate of drug-likeness (QED) is 0.448. The van der Waals surface area contributed by atoms with Gasteiger partial charge in [0.05, 0.1) is 22.5 Å². The molecule has 0 aliphatic heterocycles. The smallest absolute Gasteiger partial charge is 0.355 e. The lowest BCUT2D eigenvalue weighted by Crippen LogP contribution is -2.51. The van der Waals surface area contributed by atoms with E-state index < -0.39 is 51.9 Å². The maximum atomic E-state index is 13.4. The minimum absolute atomic E-state index is 0.198. The summed E-state index contributed by atoms with van der Waals surface area (Å²) >= 11 is 18.5. The van der Waals surface area contributed by atoms with Crippen molar-refractivity contribution in [3.8, 4) is 0 Å². The molecule has 0 fully saturated rings. The number of carbonyl (C=O) groups is 2. The lowest BCUT2D eigenvalue weighted by atomic mass is 10.1. The number of benzene rings is 2. The summed E-state index contributed by atoms with van der Waals surface area (Å²) in [5, 5.41) is 2.64. The Balaban J connectivity index is 2.55. The molecule has 1 N–H and O–H groups in total. The van der Waals surface area contributed by atoms with Crippen LogP contribution in [0.25, 0.3) is 0 Å².